The molecule has 1 unspecified atom stereocenters. The van der Waals surface area contributed by atoms with Gasteiger partial charge in [0.1, 0.15) is 5.82 Å². The molecule has 0 spiro atoms. The molecule has 0 aliphatic carbocycles. The van der Waals surface area contributed by atoms with Crippen LogP contribution in [-0.4, -0.2) is 53.0 Å². The van der Waals surface area contributed by atoms with Gasteiger partial charge in [-0.2, -0.15) is 0 Å². The summed E-state index contributed by atoms with van der Waals surface area (Å²) in [6, 6.07) is 8.35. The Morgan fingerprint density at radius 3 is 2.66 bits per heavy atom. The predicted molar refractivity (Wildman–Crippen MR) is 120 cm³/mol. The molecule has 8 heteroatoms. The number of nitrogens with zero attached hydrogens (tertiary/aromatic N) is 2. The van der Waals surface area contributed by atoms with Gasteiger partial charge in [0.2, 0.25) is 0 Å². The molecule has 0 bridgehead atoms. The molecule has 2 aliphatic heterocycles. The zero-order valence-electron chi connectivity index (χ0n) is 16.6. The summed E-state index contributed by atoms with van der Waals surface area (Å²) >= 11 is 0. The fourth-order valence-electron chi connectivity index (χ4n) is 4.21. The molecule has 2 aliphatic rings. The van der Waals surface area contributed by atoms with Crippen molar-refractivity contribution in [3.05, 3.63) is 53.6 Å². The molecule has 2 saturated heterocycles. The van der Waals surface area contributed by atoms with Crippen LogP contribution in [0.1, 0.15) is 41.0 Å². The van der Waals surface area contributed by atoms with Crippen molar-refractivity contribution >= 4 is 30.7 Å². The van der Waals surface area contributed by atoms with Crippen molar-refractivity contribution in [3.8, 4) is 0 Å². The first-order valence-corrected chi connectivity index (χ1v) is 10.1. The number of aromatic nitrogens is 2. The number of nitrogens with one attached hydrogen (secondary N) is 3. The van der Waals surface area contributed by atoms with Gasteiger partial charge in [-0.15, -0.1) is 24.8 Å². The molecule has 3 heterocycles. The highest BCUT2D eigenvalue weighted by molar-refractivity contribution is 5.95. The Labute approximate surface area is 185 Å². The number of imidazole rings is 1. The predicted octanol–water partition coefficient (Wildman–Crippen LogP) is 2.80. The third kappa shape index (κ3) is 6.44. The number of halogens is 2. The highest BCUT2D eigenvalue weighted by atomic mass is 35.5. The van der Waals surface area contributed by atoms with Crippen molar-refractivity contribution < 1.29 is 4.79 Å². The summed E-state index contributed by atoms with van der Waals surface area (Å²) in [4.78, 5) is 22.7. The molecule has 3 N–H and O–H groups in total. The van der Waals surface area contributed by atoms with Crippen LogP contribution in [0.5, 0.6) is 0 Å². The van der Waals surface area contributed by atoms with Gasteiger partial charge in [-0.25, -0.2) is 4.98 Å². The average molecular weight is 440 g/mol. The van der Waals surface area contributed by atoms with Crippen LogP contribution >= 0.6 is 24.8 Å². The molecule has 29 heavy (non-hydrogen) atoms. The first kappa shape index (κ1) is 23.7. The third-order valence-corrected chi connectivity index (χ3v) is 5.78. The van der Waals surface area contributed by atoms with E-state index in [-0.39, 0.29) is 36.8 Å². The highest BCUT2D eigenvalue weighted by Crippen LogP contribution is 2.19. The second kappa shape index (κ2) is 11.6. The van der Waals surface area contributed by atoms with Crippen LogP contribution in [-0.2, 0) is 13.0 Å². The number of hydrogen-bond acceptors (Lipinski definition) is 4. The fraction of sp³-hybridized carbons (Fsp3) is 0.524. The van der Waals surface area contributed by atoms with E-state index in [2.05, 4.69) is 31.6 Å². The molecule has 0 saturated carbocycles. The van der Waals surface area contributed by atoms with Crippen molar-refractivity contribution in [2.45, 2.75) is 38.3 Å². The topological polar surface area (TPSA) is 73.0 Å². The number of aromatic amines is 1. The van der Waals surface area contributed by atoms with Gasteiger partial charge >= 0.3 is 0 Å². The van der Waals surface area contributed by atoms with Gasteiger partial charge in [-0.05, 0) is 56.3 Å². The van der Waals surface area contributed by atoms with Crippen LogP contribution in [0, 0.1) is 5.92 Å². The van der Waals surface area contributed by atoms with Crippen LogP contribution in [0.25, 0.3) is 0 Å². The Bertz CT molecular complexity index is 741. The number of carbonyl (C=O) groups excluding carboxylic acids is 1. The van der Waals surface area contributed by atoms with E-state index < -0.39 is 0 Å². The normalized spacial score (nSPS) is 19.9. The van der Waals surface area contributed by atoms with Crippen LogP contribution in [0.3, 0.4) is 0 Å². The maximum absolute atomic E-state index is 12.9. The highest BCUT2D eigenvalue weighted by Gasteiger charge is 2.23. The largest absolute Gasteiger partial charge is 0.349 e. The molecule has 1 amide bonds. The molecule has 6 nitrogen and oxygen atoms in total. The maximum atomic E-state index is 12.9. The van der Waals surface area contributed by atoms with Gasteiger partial charge < -0.3 is 15.6 Å². The minimum atomic E-state index is 0. The van der Waals surface area contributed by atoms with Crippen molar-refractivity contribution in [3.63, 3.8) is 0 Å². The lowest BCUT2D eigenvalue weighted by Gasteiger charge is -2.32. The summed E-state index contributed by atoms with van der Waals surface area (Å²) in [5.74, 6) is 1.73. The summed E-state index contributed by atoms with van der Waals surface area (Å²) in [7, 11) is 0. The van der Waals surface area contributed by atoms with Crippen molar-refractivity contribution in [2.75, 3.05) is 26.2 Å². The van der Waals surface area contributed by atoms with Gasteiger partial charge in [0, 0.05) is 37.1 Å². The minimum absolute atomic E-state index is 0. The lowest BCUT2D eigenvalue weighted by molar-refractivity contribution is 0.0907. The van der Waals surface area contributed by atoms with Crippen LogP contribution < -0.4 is 10.6 Å². The number of carbonyl (C=O) groups is 1. The second-order valence-electron chi connectivity index (χ2n) is 7.78. The lowest BCUT2D eigenvalue weighted by Crippen LogP contribution is -2.44. The van der Waals surface area contributed by atoms with Gasteiger partial charge in [0.05, 0.1) is 6.54 Å². The summed E-state index contributed by atoms with van der Waals surface area (Å²) in [6.45, 7) is 4.98. The van der Waals surface area contributed by atoms with Crippen LogP contribution in [0.15, 0.2) is 36.7 Å². The average Bonchev–Trinajstić information content (AvgIpc) is 3.38. The first-order valence-electron chi connectivity index (χ1n) is 10.1. The number of benzene rings is 1. The third-order valence-electron chi connectivity index (χ3n) is 5.78. The molecule has 1 atom stereocenters. The number of rotatable bonds is 6. The van der Waals surface area contributed by atoms with Gasteiger partial charge in [-0.3, -0.25) is 9.69 Å². The van der Waals surface area contributed by atoms with E-state index >= 15 is 0 Å². The van der Waals surface area contributed by atoms with E-state index in [9.17, 15) is 4.79 Å². The van der Waals surface area contributed by atoms with Crippen molar-refractivity contribution in [2.24, 2.45) is 5.92 Å². The molecule has 160 valence electrons. The molecule has 1 aromatic carbocycles. The van der Waals surface area contributed by atoms with Crippen LogP contribution in [0.2, 0.25) is 0 Å². The summed E-state index contributed by atoms with van der Waals surface area (Å²) in [5, 5.41) is 6.69. The number of H-pyrrole nitrogens is 1. The van der Waals surface area contributed by atoms with E-state index in [0.29, 0.717) is 5.92 Å². The summed E-state index contributed by atoms with van der Waals surface area (Å²) < 4.78 is 0. The van der Waals surface area contributed by atoms with Crippen molar-refractivity contribution in [1.29, 1.82) is 0 Å². The molecular weight excluding hydrogens is 409 g/mol. The standard InChI is InChI=1S/C21H29N5O.2ClH/c27-21(19-4-2-1-3-17(19)13-16-5-8-22-14-16)25-18-6-11-26(12-7-18)15-20-23-9-10-24-20;;/h1-4,9-10,16,18,22H,5-8,11-15H2,(H,23,24)(H,25,27);2*1H. The fourth-order valence-corrected chi connectivity index (χ4v) is 4.21. The SMILES string of the molecule is Cl.Cl.O=C(NC1CCN(Cc2ncc[nH]2)CC1)c1ccccc1CC1CCNC1. The van der Waals surface area contributed by atoms with E-state index in [1.807, 2.05) is 24.4 Å². The molecule has 2 fully saturated rings. The number of likely N-dealkylation sites (tertiary alicyclic amines) is 1. The maximum Gasteiger partial charge on any atom is 0.251 e. The van der Waals surface area contributed by atoms with Gasteiger partial charge in [0.25, 0.3) is 5.91 Å². The van der Waals surface area contributed by atoms with E-state index in [4.69, 9.17) is 0 Å². The molecule has 1 aromatic heterocycles. The smallest absolute Gasteiger partial charge is 0.251 e. The Balaban J connectivity index is 0.00000150. The summed E-state index contributed by atoms with van der Waals surface area (Å²) in [5.41, 5.74) is 2.03. The van der Waals surface area contributed by atoms with E-state index in [0.717, 1.165) is 63.4 Å². The van der Waals surface area contributed by atoms with E-state index in [1.165, 1.54) is 12.0 Å². The quantitative estimate of drug-likeness (QED) is 0.646. The zero-order chi connectivity index (χ0) is 18.5. The Morgan fingerprint density at radius 2 is 1.97 bits per heavy atom. The van der Waals surface area contributed by atoms with Crippen LogP contribution in [0.4, 0.5) is 0 Å². The molecule has 0 radical (unpaired) electrons. The molecule has 4 rings (SSSR count). The van der Waals surface area contributed by atoms with E-state index in [1.54, 1.807) is 6.20 Å². The Morgan fingerprint density at radius 1 is 1.17 bits per heavy atom. The monoisotopic (exact) mass is 439 g/mol. The number of piperidine rings is 1. The molecule has 2 aromatic rings. The van der Waals surface area contributed by atoms with Gasteiger partial charge in [-0.1, -0.05) is 18.2 Å². The minimum Gasteiger partial charge on any atom is -0.349 e. The van der Waals surface area contributed by atoms with Crippen molar-refractivity contribution in [1.82, 2.24) is 25.5 Å². The lowest BCUT2D eigenvalue weighted by atomic mass is 9.94. The number of hydrogen-bond donors (Lipinski definition) is 3. The number of amides is 1. The Kier molecular flexibility index (Phi) is 9.43. The second-order valence-corrected chi connectivity index (χ2v) is 7.78. The zero-order valence-corrected chi connectivity index (χ0v) is 18.2. The Hall–Kier alpha value is -1.60. The molecular formula is C21H31Cl2N5O. The summed E-state index contributed by atoms with van der Waals surface area (Å²) in [6.07, 6.45) is 7.81. The first-order chi connectivity index (χ1) is 13.3. The van der Waals surface area contributed by atoms with Gasteiger partial charge in [0.15, 0.2) is 0 Å².